The van der Waals surface area contributed by atoms with E-state index in [9.17, 15) is 4.79 Å². The molecule has 1 aromatic heterocycles. The fourth-order valence-corrected chi connectivity index (χ4v) is 2.47. The number of hydrogen-bond donors (Lipinski definition) is 0. The number of ether oxygens (including phenoxy) is 1. The highest BCUT2D eigenvalue weighted by molar-refractivity contribution is 6.30. The first kappa shape index (κ1) is 11.5. The second-order valence-corrected chi connectivity index (χ2v) is 5.93. The van der Waals surface area contributed by atoms with Gasteiger partial charge in [0.1, 0.15) is 6.61 Å². The number of rotatable bonds is 4. The summed E-state index contributed by atoms with van der Waals surface area (Å²) in [4.78, 5) is 17.8. The van der Waals surface area contributed by atoms with E-state index in [-0.39, 0.29) is 5.97 Å². The Hall–Kier alpha value is -1.62. The van der Waals surface area contributed by atoms with Crippen LogP contribution in [-0.2, 0) is 16.1 Å². The minimum Gasteiger partial charge on any atom is -0.456 e. The summed E-state index contributed by atoms with van der Waals surface area (Å²) in [5, 5.41) is 1.16. The molecule has 5 heteroatoms. The second-order valence-electron chi connectivity index (χ2n) is 4.91. The molecule has 4 nitrogen and oxygen atoms in total. The highest BCUT2D eigenvalue weighted by atomic mass is 28.1. The quantitative estimate of drug-likeness (QED) is 0.539. The molecule has 0 radical (unpaired) electrons. The number of aromatic nitrogens is 1. The largest absolute Gasteiger partial charge is 0.456 e. The van der Waals surface area contributed by atoms with Gasteiger partial charge >= 0.3 is 5.97 Å². The van der Waals surface area contributed by atoms with Gasteiger partial charge in [-0.1, -0.05) is 6.07 Å². The molecule has 94 valence electrons. The van der Waals surface area contributed by atoms with Gasteiger partial charge < -0.3 is 9.64 Å². The van der Waals surface area contributed by atoms with Gasteiger partial charge in [0, 0.05) is 30.2 Å². The predicted molar refractivity (Wildman–Crippen MR) is 71.4 cm³/mol. The van der Waals surface area contributed by atoms with E-state index in [1.165, 1.54) is 18.4 Å². The van der Waals surface area contributed by atoms with Crippen molar-refractivity contribution in [2.45, 2.75) is 25.4 Å². The molecule has 0 atom stereocenters. The van der Waals surface area contributed by atoms with Crippen LogP contribution in [0.4, 0.5) is 0 Å². The number of carbonyl (C=O) groups excluding carboxylic acids is 1. The van der Waals surface area contributed by atoms with Crippen molar-refractivity contribution in [2.24, 2.45) is 0 Å². The summed E-state index contributed by atoms with van der Waals surface area (Å²) < 4.78 is 5.00. The zero-order valence-corrected chi connectivity index (χ0v) is 12.4. The van der Waals surface area contributed by atoms with Crippen LogP contribution in [0.1, 0.15) is 18.4 Å². The summed E-state index contributed by atoms with van der Waals surface area (Å²) in [5.74, 6) is -0.219. The molecule has 0 unspecified atom stereocenters. The lowest BCUT2D eigenvalue weighted by molar-refractivity contribution is -0.135. The Labute approximate surface area is 109 Å². The van der Waals surface area contributed by atoms with Crippen molar-refractivity contribution < 1.29 is 9.53 Å². The van der Waals surface area contributed by atoms with Gasteiger partial charge in [0.2, 0.25) is 0 Å². The average molecular weight is 260 g/mol. The summed E-state index contributed by atoms with van der Waals surface area (Å²) in [5.41, 5.74) is 2.21. The lowest BCUT2D eigenvalue weighted by atomic mass is 10.2. The molecule has 0 aromatic carbocycles. The van der Waals surface area contributed by atoms with Crippen LogP contribution in [0.5, 0.6) is 0 Å². The molecule has 3 rings (SSSR count). The molecular formula is C13H16N2O2Si. The molecule has 0 spiro atoms. The Kier molecular flexibility index (Phi) is 2.91. The van der Waals surface area contributed by atoms with Crippen LogP contribution < -0.4 is 5.32 Å². The minimum atomic E-state index is -0.219. The number of carbonyl (C=O) groups is 1. The highest BCUT2D eigenvalue weighted by Gasteiger charge is 2.32. The topological polar surface area (TPSA) is 42.4 Å². The molecule has 18 heavy (non-hydrogen) atoms. The number of cyclic esters (lactones) is 1. The van der Waals surface area contributed by atoms with E-state index in [0.717, 1.165) is 27.8 Å². The van der Waals surface area contributed by atoms with Crippen LogP contribution in [0.15, 0.2) is 30.1 Å². The Bertz CT molecular complexity index is 494. The number of hydrogen-bond acceptors (Lipinski definition) is 4. The molecule has 0 N–H and O–H groups in total. The Balaban J connectivity index is 1.76. The van der Waals surface area contributed by atoms with Crippen LogP contribution in [0, 0.1) is 0 Å². The van der Waals surface area contributed by atoms with Gasteiger partial charge in [0.05, 0.1) is 15.9 Å². The van der Waals surface area contributed by atoms with E-state index in [1.54, 1.807) is 6.08 Å². The average Bonchev–Trinajstić information content (AvgIpc) is 3.11. The van der Waals surface area contributed by atoms with Crippen molar-refractivity contribution in [1.29, 1.82) is 0 Å². The fraction of sp³-hybridized carbons (Fsp3) is 0.385. The second kappa shape index (κ2) is 4.57. The highest BCUT2D eigenvalue weighted by Crippen LogP contribution is 2.32. The number of esters is 1. The van der Waals surface area contributed by atoms with Crippen molar-refractivity contribution in [2.75, 3.05) is 6.61 Å². The standard InChI is InChI=1S/C13H16N2O2Si/c16-13-5-11(8-17-13)15(10-2-3-10)7-9-1-4-12(18)14-6-9/h1,4-6,10H,2-3,7-8H2,18H3. The van der Waals surface area contributed by atoms with Crippen LogP contribution in [0.25, 0.3) is 0 Å². The van der Waals surface area contributed by atoms with Gasteiger partial charge in [-0.3, -0.25) is 4.98 Å². The van der Waals surface area contributed by atoms with Crippen molar-refractivity contribution in [3.05, 3.63) is 35.7 Å². The Morgan fingerprint density at radius 1 is 1.44 bits per heavy atom. The molecular weight excluding hydrogens is 244 g/mol. The first-order valence-corrected chi connectivity index (χ1v) is 7.28. The molecule has 1 aliphatic heterocycles. The van der Waals surface area contributed by atoms with Crippen LogP contribution in [-0.4, -0.2) is 38.7 Å². The number of nitrogens with zero attached hydrogens (tertiary/aromatic N) is 2. The Morgan fingerprint density at radius 3 is 2.83 bits per heavy atom. The van der Waals surface area contributed by atoms with Gasteiger partial charge in [-0.25, -0.2) is 4.79 Å². The number of pyridine rings is 1. The zero-order chi connectivity index (χ0) is 12.5. The molecule has 1 saturated carbocycles. The maximum Gasteiger partial charge on any atom is 0.333 e. The summed E-state index contributed by atoms with van der Waals surface area (Å²) in [6.07, 6.45) is 5.97. The SMILES string of the molecule is O=C1C=C(N(Cc2ccc([SiH3])nc2)C2CC2)CO1. The summed E-state index contributed by atoms with van der Waals surface area (Å²) in [7, 11) is 0.984. The molecule has 2 heterocycles. The van der Waals surface area contributed by atoms with Crippen LogP contribution >= 0.6 is 0 Å². The van der Waals surface area contributed by atoms with E-state index < -0.39 is 0 Å². The first-order valence-electron chi connectivity index (χ1n) is 6.28. The van der Waals surface area contributed by atoms with E-state index >= 15 is 0 Å². The first-order chi connectivity index (χ1) is 8.72. The van der Waals surface area contributed by atoms with Crippen molar-refractivity contribution >= 4 is 21.5 Å². The summed E-state index contributed by atoms with van der Waals surface area (Å²) in [6.45, 7) is 1.24. The minimum absolute atomic E-state index is 0.219. The molecule has 0 saturated heterocycles. The summed E-state index contributed by atoms with van der Waals surface area (Å²) in [6, 6.07) is 4.78. The van der Waals surface area contributed by atoms with Crippen molar-refractivity contribution in [1.82, 2.24) is 9.88 Å². The zero-order valence-electron chi connectivity index (χ0n) is 10.4. The smallest absolute Gasteiger partial charge is 0.333 e. The van der Waals surface area contributed by atoms with Gasteiger partial charge in [-0.05, 0) is 24.5 Å². The van der Waals surface area contributed by atoms with Crippen molar-refractivity contribution in [3.63, 3.8) is 0 Å². The molecule has 2 aliphatic rings. The maximum absolute atomic E-state index is 11.2. The predicted octanol–water partition coefficient (Wildman–Crippen LogP) is -0.523. The van der Waals surface area contributed by atoms with E-state index in [1.807, 2.05) is 6.20 Å². The van der Waals surface area contributed by atoms with Gasteiger partial charge in [-0.2, -0.15) is 0 Å². The van der Waals surface area contributed by atoms with Gasteiger partial charge in [0.15, 0.2) is 0 Å². The van der Waals surface area contributed by atoms with E-state index in [4.69, 9.17) is 4.74 Å². The lowest BCUT2D eigenvalue weighted by Gasteiger charge is -2.24. The van der Waals surface area contributed by atoms with E-state index in [0.29, 0.717) is 12.6 Å². The van der Waals surface area contributed by atoms with E-state index in [2.05, 4.69) is 22.0 Å². The Morgan fingerprint density at radius 2 is 2.28 bits per heavy atom. The van der Waals surface area contributed by atoms with Crippen LogP contribution in [0.2, 0.25) is 0 Å². The normalized spacial score (nSPS) is 18.7. The van der Waals surface area contributed by atoms with Gasteiger partial charge in [-0.15, -0.1) is 0 Å². The fourth-order valence-electron chi connectivity index (χ4n) is 2.17. The van der Waals surface area contributed by atoms with Crippen molar-refractivity contribution in [3.8, 4) is 0 Å². The molecule has 1 aliphatic carbocycles. The molecule has 1 aromatic rings. The molecule has 0 amide bonds. The molecule has 0 bridgehead atoms. The van der Waals surface area contributed by atoms with Gasteiger partial charge in [0.25, 0.3) is 0 Å². The lowest BCUT2D eigenvalue weighted by Crippen LogP contribution is -2.26. The third-order valence-electron chi connectivity index (χ3n) is 3.33. The molecule has 1 fully saturated rings. The third-order valence-corrected chi connectivity index (χ3v) is 3.92. The maximum atomic E-state index is 11.2. The van der Waals surface area contributed by atoms with Crippen LogP contribution in [0.3, 0.4) is 0 Å². The monoisotopic (exact) mass is 260 g/mol. The summed E-state index contributed by atoms with van der Waals surface area (Å²) >= 11 is 0. The third kappa shape index (κ3) is 2.45.